The number of rotatable bonds is 7. The van der Waals surface area contributed by atoms with Crippen molar-refractivity contribution in [2.24, 2.45) is 0 Å². The summed E-state index contributed by atoms with van der Waals surface area (Å²) in [7, 11) is 1.63. The number of benzene rings is 1. The van der Waals surface area contributed by atoms with Crippen LogP contribution in [0.4, 0.5) is 5.69 Å². The molecule has 0 heterocycles. The third-order valence-electron chi connectivity index (χ3n) is 2.27. The van der Waals surface area contributed by atoms with Gasteiger partial charge in [0.1, 0.15) is 12.1 Å². The summed E-state index contributed by atoms with van der Waals surface area (Å²) in [6.45, 7) is 2.34. The van der Waals surface area contributed by atoms with Crippen LogP contribution >= 0.6 is 0 Å². The van der Waals surface area contributed by atoms with Crippen molar-refractivity contribution in [3.63, 3.8) is 0 Å². The first-order valence-electron chi connectivity index (χ1n) is 5.56. The molecule has 1 aromatic rings. The Morgan fingerprint density at radius 1 is 1.11 bits per heavy atom. The first-order chi connectivity index (χ1) is 8.81. The van der Waals surface area contributed by atoms with Gasteiger partial charge in [0.25, 0.3) is 0 Å². The lowest BCUT2D eigenvalue weighted by Crippen LogP contribution is -2.12. The maximum absolute atomic E-state index is 8.88. The zero-order valence-corrected chi connectivity index (χ0v) is 10.3. The number of nitriles is 2. The average molecular weight is 245 g/mol. The van der Waals surface area contributed by atoms with E-state index in [0.29, 0.717) is 37.5 Å². The molecule has 5 nitrogen and oxygen atoms in total. The molecule has 18 heavy (non-hydrogen) atoms. The molecule has 0 aliphatic rings. The summed E-state index contributed by atoms with van der Waals surface area (Å²) in [4.78, 5) is 0. The second-order valence-corrected chi connectivity index (χ2v) is 3.52. The minimum absolute atomic E-state index is 0.378. The van der Waals surface area contributed by atoms with Crippen molar-refractivity contribution in [1.82, 2.24) is 0 Å². The van der Waals surface area contributed by atoms with Gasteiger partial charge in [-0.2, -0.15) is 10.5 Å². The first kappa shape index (κ1) is 14.0. The van der Waals surface area contributed by atoms with Gasteiger partial charge in [0, 0.05) is 19.3 Å². The molecule has 0 amide bonds. The van der Waals surface area contributed by atoms with Gasteiger partial charge in [-0.25, -0.2) is 0 Å². The second kappa shape index (κ2) is 8.08. The van der Waals surface area contributed by atoms with E-state index in [1.807, 2.05) is 12.1 Å². The van der Waals surface area contributed by atoms with Crippen molar-refractivity contribution < 1.29 is 9.47 Å². The van der Waals surface area contributed by atoms with Crippen molar-refractivity contribution in [2.75, 3.05) is 38.8 Å². The van der Waals surface area contributed by atoms with E-state index in [1.54, 1.807) is 25.3 Å². The number of methoxy groups -OCH3 is 1. The van der Waals surface area contributed by atoms with E-state index in [1.165, 1.54) is 0 Å². The van der Waals surface area contributed by atoms with Crippen LogP contribution in [0.1, 0.15) is 11.1 Å². The molecular weight excluding hydrogens is 230 g/mol. The molecule has 0 fully saturated rings. The highest BCUT2D eigenvalue weighted by Gasteiger charge is 2.02. The SMILES string of the molecule is COCCOCCNc1ccc(C#N)c(C#N)c1. The monoisotopic (exact) mass is 245 g/mol. The van der Waals surface area contributed by atoms with Crippen molar-refractivity contribution in [1.29, 1.82) is 10.5 Å². The highest BCUT2D eigenvalue weighted by Crippen LogP contribution is 2.14. The van der Waals surface area contributed by atoms with Crippen molar-refractivity contribution in [3.8, 4) is 12.1 Å². The van der Waals surface area contributed by atoms with Crippen LogP contribution in [-0.2, 0) is 9.47 Å². The zero-order chi connectivity index (χ0) is 13.2. The summed E-state index contributed by atoms with van der Waals surface area (Å²) >= 11 is 0. The van der Waals surface area contributed by atoms with Gasteiger partial charge >= 0.3 is 0 Å². The average Bonchev–Trinajstić information content (AvgIpc) is 2.42. The van der Waals surface area contributed by atoms with Crippen LogP contribution in [0.25, 0.3) is 0 Å². The fraction of sp³-hybridized carbons (Fsp3) is 0.385. The van der Waals surface area contributed by atoms with Crippen molar-refractivity contribution >= 4 is 5.69 Å². The Balaban J connectivity index is 2.40. The summed E-state index contributed by atoms with van der Waals surface area (Å²) in [5.41, 5.74) is 1.57. The molecule has 0 atom stereocenters. The molecule has 0 saturated heterocycles. The maximum atomic E-state index is 8.88. The van der Waals surface area contributed by atoms with E-state index in [4.69, 9.17) is 20.0 Å². The highest BCUT2D eigenvalue weighted by molar-refractivity contribution is 5.56. The smallest absolute Gasteiger partial charge is 0.101 e. The summed E-state index contributed by atoms with van der Waals surface area (Å²) in [6.07, 6.45) is 0. The van der Waals surface area contributed by atoms with E-state index in [-0.39, 0.29) is 0 Å². The molecule has 0 bridgehead atoms. The van der Waals surface area contributed by atoms with E-state index >= 15 is 0 Å². The maximum Gasteiger partial charge on any atom is 0.101 e. The standard InChI is InChI=1S/C13H15N3O2/c1-17-6-7-18-5-4-16-13-3-2-11(9-14)12(8-13)10-15/h2-3,8,16H,4-7H2,1H3. The summed E-state index contributed by atoms with van der Waals surface area (Å²) in [6, 6.07) is 9.03. The lowest BCUT2D eigenvalue weighted by Gasteiger charge is -2.07. The van der Waals surface area contributed by atoms with Gasteiger partial charge in [0.05, 0.1) is 30.9 Å². The van der Waals surface area contributed by atoms with E-state index in [0.717, 1.165) is 5.69 Å². The molecule has 0 unspecified atom stereocenters. The Bertz CT molecular complexity index is 460. The summed E-state index contributed by atoms with van der Waals surface area (Å²) in [5.74, 6) is 0. The van der Waals surface area contributed by atoms with Crippen LogP contribution in [-0.4, -0.2) is 33.5 Å². The van der Waals surface area contributed by atoms with Gasteiger partial charge in [0.2, 0.25) is 0 Å². The molecule has 0 aliphatic carbocycles. The Kier molecular flexibility index (Phi) is 6.27. The molecule has 0 spiro atoms. The fourth-order valence-corrected chi connectivity index (χ4v) is 1.36. The summed E-state index contributed by atoms with van der Waals surface area (Å²) in [5, 5.41) is 20.8. The van der Waals surface area contributed by atoms with Gasteiger partial charge in [-0.3, -0.25) is 0 Å². The molecule has 0 saturated carbocycles. The predicted molar refractivity (Wildman–Crippen MR) is 67.1 cm³/mol. The van der Waals surface area contributed by atoms with Crippen LogP contribution in [0, 0.1) is 22.7 Å². The van der Waals surface area contributed by atoms with Gasteiger partial charge in [-0.05, 0) is 18.2 Å². The number of nitrogens with zero attached hydrogens (tertiary/aromatic N) is 2. The topological polar surface area (TPSA) is 78.1 Å². The van der Waals surface area contributed by atoms with Gasteiger partial charge in [-0.15, -0.1) is 0 Å². The second-order valence-electron chi connectivity index (χ2n) is 3.52. The molecule has 5 heteroatoms. The number of hydrogen-bond donors (Lipinski definition) is 1. The third kappa shape index (κ3) is 4.42. The number of nitrogens with one attached hydrogen (secondary N) is 1. The number of anilines is 1. The molecule has 1 rings (SSSR count). The minimum Gasteiger partial charge on any atom is -0.383 e. The van der Waals surface area contributed by atoms with E-state index < -0.39 is 0 Å². The first-order valence-corrected chi connectivity index (χ1v) is 5.56. The van der Waals surface area contributed by atoms with E-state index in [9.17, 15) is 0 Å². The van der Waals surface area contributed by atoms with Crippen LogP contribution in [0.3, 0.4) is 0 Å². The Morgan fingerprint density at radius 2 is 1.89 bits per heavy atom. The van der Waals surface area contributed by atoms with Crippen molar-refractivity contribution in [3.05, 3.63) is 29.3 Å². The summed E-state index contributed by atoms with van der Waals surface area (Å²) < 4.78 is 10.1. The Morgan fingerprint density at radius 3 is 2.56 bits per heavy atom. The molecule has 1 aromatic carbocycles. The van der Waals surface area contributed by atoms with E-state index in [2.05, 4.69) is 5.32 Å². The van der Waals surface area contributed by atoms with Crippen molar-refractivity contribution in [2.45, 2.75) is 0 Å². The van der Waals surface area contributed by atoms with Gasteiger partial charge in [-0.1, -0.05) is 0 Å². The van der Waals surface area contributed by atoms with Gasteiger partial charge in [0.15, 0.2) is 0 Å². The quantitative estimate of drug-likeness (QED) is 0.736. The molecule has 0 radical (unpaired) electrons. The Labute approximate surface area is 107 Å². The number of ether oxygens (including phenoxy) is 2. The van der Waals surface area contributed by atoms with Crippen LogP contribution in [0.5, 0.6) is 0 Å². The van der Waals surface area contributed by atoms with Crippen LogP contribution in [0.15, 0.2) is 18.2 Å². The largest absolute Gasteiger partial charge is 0.383 e. The molecule has 0 aromatic heterocycles. The molecule has 0 aliphatic heterocycles. The van der Waals surface area contributed by atoms with Crippen LogP contribution < -0.4 is 5.32 Å². The number of hydrogen-bond acceptors (Lipinski definition) is 5. The predicted octanol–water partition coefficient (Wildman–Crippen LogP) is 1.50. The third-order valence-corrected chi connectivity index (χ3v) is 2.27. The normalized spacial score (nSPS) is 9.50. The fourth-order valence-electron chi connectivity index (χ4n) is 1.36. The minimum atomic E-state index is 0.378. The molecular formula is C13H15N3O2. The highest BCUT2D eigenvalue weighted by atomic mass is 16.5. The zero-order valence-electron chi connectivity index (χ0n) is 10.3. The lowest BCUT2D eigenvalue weighted by molar-refractivity contribution is 0.0759. The van der Waals surface area contributed by atoms with Gasteiger partial charge < -0.3 is 14.8 Å². The Hall–Kier alpha value is -2.08. The molecule has 1 N–H and O–H groups in total. The lowest BCUT2D eigenvalue weighted by atomic mass is 10.1. The van der Waals surface area contributed by atoms with Crippen LogP contribution in [0.2, 0.25) is 0 Å². The molecule has 94 valence electrons.